The fraction of sp³-hybridized carbons (Fsp3) is 0.231. The van der Waals surface area contributed by atoms with Crippen molar-refractivity contribution in [1.29, 1.82) is 0 Å². The Kier molecular flexibility index (Phi) is 4.37. The van der Waals surface area contributed by atoms with E-state index in [-0.39, 0.29) is 11.9 Å². The van der Waals surface area contributed by atoms with Crippen molar-refractivity contribution in [3.05, 3.63) is 50.4 Å². The summed E-state index contributed by atoms with van der Waals surface area (Å²) in [6, 6.07) is 8.71. The van der Waals surface area contributed by atoms with E-state index in [9.17, 15) is 4.39 Å². The van der Waals surface area contributed by atoms with Crippen LogP contribution in [0.3, 0.4) is 0 Å². The Morgan fingerprint density at radius 3 is 2.72 bits per heavy atom. The molecular formula is C13H13BrFNOS. The van der Waals surface area contributed by atoms with Crippen LogP contribution in [-0.4, -0.2) is 6.54 Å². The maximum absolute atomic E-state index is 13.4. The van der Waals surface area contributed by atoms with Gasteiger partial charge in [-0.1, -0.05) is 0 Å². The molecular weight excluding hydrogens is 317 g/mol. The third-order valence-electron chi connectivity index (χ3n) is 2.46. The van der Waals surface area contributed by atoms with Gasteiger partial charge in [0.15, 0.2) is 0 Å². The fourth-order valence-electron chi connectivity index (χ4n) is 1.56. The molecule has 0 radical (unpaired) electrons. The third kappa shape index (κ3) is 3.10. The normalized spacial score (nSPS) is 12.4. The summed E-state index contributed by atoms with van der Waals surface area (Å²) in [4.78, 5) is 2.26. The van der Waals surface area contributed by atoms with E-state index in [1.807, 2.05) is 19.1 Å². The van der Waals surface area contributed by atoms with E-state index in [2.05, 4.69) is 15.9 Å². The smallest absolute Gasteiger partial charge is 0.145 e. The summed E-state index contributed by atoms with van der Waals surface area (Å²) in [6.45, 7) is 2.39. The van der Waals surface area contributed by atoms with Gasteiger partial charge in [0.05, 0.1) is 4.47 Å². The largest absolute Gasteiger partial charge is 0.483 e. The fourth-order valence-corrected chi connectivity index (χ4v) is 2.73. The first kappa shape index (κ1) is 13.5. The van der Waals surface area contributed by atoms with Gasteiger partial charge in [0, 0.05) is 22.4 Å². The Hall–Kier alpha value is -0.910. The maximum Gasteiger partial charge on any atom is 0.145 e. The number of nitrogens with two attached hydrogens (primary N) is 1. The molecule has 18 heavy (non-hydrogen) atoms. The van der Waals surface area contributed by atoms with E-state index >= 15 is 0 Å². The van der Waals surface area contributed by atoms with Gasteiger partial charge in [-0.05, 0) is 47.1 Å². The third-order valence-corrected chi connectivity index (χ3v) is 4.20. The zero-order chi connectivity index (χ0) is 13.1. The highest BCUT2D eigenvalue weighted by molar-refractivity contribution is 9.10. The predicted octanol–water partition coefficient (Wildman–Crippen LogP) is 4.04. The minimum atomic E-state index is -0.342. The zero-order valence-electron chi connectivity index (χ0n) is 9.82. The van der Waals surface area contributed by atoms with Gasteiger partial charge in [-0.2, -0.15) is 0 Å². The Labute approximate surface area is 118 Å². The molecule has 0 aliphatic carbocycles. The Balaban J connectivity index is 2.17. The molecule has 2 nitrogen and oxygen atoms in total. The van der Waals surface area contributed by atoms with Gasteiger partial charge in [-0.15, -0.1) is 11.3 Å². The molecule has 0 aliphatic rings. The van der Waals surface area contributed by atoms with Crippen LogP contribution in [0.1, 0.15) is 15.9 Å². The van der Waals surface area contributed by atoms with Crippen molar-refractivity contribution in [2.24, 2.45) is 5.73 Å². The number of aryl methyl sites for hydroxylation is 1. The van der Waals surface area contributed by atoms with E-state index in [4.69, 9.17) is 10.5 Å². The van der Waals surface area contributed by atoms with Crippen LogP contribution in [0.5, 0.6) is 5.75 Å². The van der Waals surface area contributed by atoms with Crippen molar-refractivity contribution in [3.8, 4) is 5.75 Å². The van der Waals surface area contributed by atoms with Gasteiger partial charge in [-0.25, -0.2) is 4.39 Å². The van der Waals surface area contributed by atoms with Gasteiger partial charge < -0.3 is 10.5 Å². The molecule has 1 atom stereocenters. The lowest BCUT2D eigenvalue weighted by molar-refractivity contribution is 0.217. The summed E-state index contributed by atoms with van der Waals surface area (Å²) >= 11 is 4.75. The summed E-state index contributed by atoms with van der Waals surface area (Å²) in [7, 11) is 0. The predicted molar refractivity (Wildman–Crippen MR) is 75.6 cm³/mol. The lowest BCUT2D eigenvalue weighted by atomic mass is 10.2. The summed E-state index contributed by atoms with van der Waals surface area (Å²) in [5.74, 6) is 0.142. The van der Waals surface area contributed by atoms with Crippen molar-refractivity contribution < 1.29 is 9.13 Å². The van der Waals surface area contributed by atoms with Crippen LogP contribution in [0, 0.1) is 12.7 Å². The molecule has 0 saturated carbocycles. The molecule has 0 bridgehead atoms. The first-order chi connectivity index (χ1) is 8.60. The van der Waals surface area contributed by atoms with Crippen LogP contribution in [0.25, 0.3) is 0 Å². The number of hydrogen-bond donors (Lipinski definition) is 1. The highest BCUT2D eigenvalue weighted by atomic mass is 79.9. The minimum Gasteiger partial charge on any atom is -0.483 e. The lowest BCUT2D eigenvalue weighted by Gasteiger charge is -2.16. The average molecular weight is 330 g/mol. The van der Waals surface area contributed by atoms with E-state index in [0.717, 1.165) is 4.88 Å². The lowest BCUT2D eigenvalue weighted by Crippen LogP contribution is -2.17. The Bertz CT molecular complexity index is 544. The standard InChI is InChI=1S/C13H13BrFNOS/c1-8-2-5-13(18-8)12(7-16)17-9-3-4-10(14)11(15)6-9/h2-6,12H,7,16H2,1H3. The molecule has 1 unspecified atom stereocenters. The highest BCUT2D eigenvalue weighted by Gasteiger charge is 2.14. The maximum atomic E-state index is 13.4. The molecule has 0 fully saturated rings. The van der Waals surface area contributed by atoms with Gasteiger partial charge in [0.25, 0.3) is 0 Å². The van der Waals surface area contributed by atoms with Gasteiger partial charge in [0.1, 0.15) is 17.7 Å². The molecule has 2 rings (SSSR count). The SMILES string of the molecule is Cc1ccc(C(CN)Oc2ccc(Br)c(F)c2)s1. The van der Waals surface area contributed by atoms with Crippen LogP contribution < -0.4 is 10.5 Å². The number of halogens is 2. The molecule has 0 saturated heterocycles. The van der Waals surface area contributed by atoms with Crippen molar-refractivity contribution in [2.45, 2.75) is 13.0 Å². The van der Waals surface area contributed by atoms with E-state index < -0.39 is 0 Å². The summed E-state index contributed by atoms with van der Waals surface area (Å²) in [5, 5.41) is 0. The van der Waals surface area contributed by atoms with Crippen LogP contribution in [0.4, 0.5) is 4.39 Å². The second-order valence-electron chi connectivity index (χ2n) is 3.87. The molecule has 1 heterocycles. The number of benzene rings is 1. The molecule has 0 aliphatic heterocycles. The summed E-state index contributed by atoms with van der Waals surface area (Å²) in [5.41, 5.74) is 5.71. The minimum absolute atomic E-state index is 0.232. The summed E-state index contributed by atoms with van der Waals surface area (Å²) in [6.07, 6.45) is -0.232. The van der Waals surface area contributed by atoms with Crippen molar-refractivity contribution >= 4 is 27.3 Å². The molecule has 96 valence electrons. The number of rotatable bonds is 4. The highest BCUT2D eigenvalue weighted by Crippen LogP contribution is 2.28. The molecule has 2 aromatic rings. The van der Waals surface area contributed by atoms with Gasteiger partial charge in [0.2, 0.25) is 0 Å². The Morgan fingerprint density at radius 2 is 2.17 bits per heavy atom. The zero-order valence-corrected chi connectivity index (χ0v) is 12.2. The molecule has 1 aromatic heterocycles. The second kappa shape index (κ2) is 5.82. The first-order valence-electron chi connectivity index (χ1n) is 5.48. The topological polar surface area (TPSA) is 35.2 Å². The van der Waals surface area contributed by atoms with E-state index in [0.29, 0.717) is 16.8 Å². The van der Waals surface area contributed by atoms with Crippen LogP contribution in [0.2, 0.25) is 0 Å². The van der Waals surface area contributed by atoms with Gasteiger partial charge in [-0.3, -0.25) is 0 Å². The van der Waals surface area contributed by atoms with Crippen LogP contribution >= 0.6 is 27.3 Å². The number of ether oxygens (including phenoxy) is 1. The number of hydrogen-bond acceptors (Lipinski definition) is 3. The van der Waals surface area contributed by atoms with Crippen LogP contribution in [0.15, 0.2) is 34.8 Å². The molecule has 1 aromatic carbocycles. The van der Waals surface area contributed by atoms with Crippen LogP contribution in [-0.2, 0) is 0 Å². The average Bonchev–Trinajstić information content (AvgIpc) is 2.77. The molecule has 0 spiro atoms. The van der Waals surface area contributed by atoms with E-state index in [1.54, 1.807) is 23.5 Å². The first-order valence-corrected chi connectivity index (χ1v) is 7.09. The monoisotopic (exact) mass is 329 g/mol. The van der Waals surface area contributed by atoms with Crippen molar-refractivity contribution in [2.75, 3.05) is 6.54 Å². The van der Waals surface area contributed by atoms with E-state index in [1.165, 1.54) is 10.9 Å². The molecule has 0 amide bonds. The van der Waals surface area contributed by atoms with Gasteiger partial charge >= 0.3 is 0 Å². The quantitative estimate of drug-likeness (QED) is 0.918. The summed E-state index contributed by atoms with van der Waals surface area (Å²) < 4.78 is 19.5. The molecule has 2 N–H and O–H groups in total. The second-order valence-corrected chi connectivity index (χ2v) is 6.04. The Morgan fingerprint density at radius 1 is 1.39 bits per heavy atom. The number of thiophene rings is 1. The molecule has 5 heteroatoms. The van der Waals surface area contributed by atoms with Crippen molar-refractivity contribution in [3.63, 3.8) is 0 Å². The van der Waals surface area contributed by atoms with Crippen molar-refractivity contribution in [1.82, 2.24) is 0 Å².